The molecule has 0 atom stereocenters. The van der Waals surface area contributed by atoms with Crippen LogP contribution in [0.2, 0.25) is 0 Å². The van der Waals surface area contributed by atoms with Gasteiger partial charge in [0.05, 0.1) is 0 Å². The second-order valence-corrected chi connectivity index (χ2v) is 7.51. The molecule has 1 saturated carbocycles. The molecule has 0 radical (unpaired) electrons. The highest BCUT2D eigenvalue weighted by Crippen LogP contribution is 2.36. The zero-order valence-corrected chi connectivity index (χ0v) is 14.9. The van der Waals surface area contributed by atoms with Crippen molar-refractivity contribution in [2.75, 3.05) is 31.9 Å². The Kier molecular flexibility index (Phi) is 4.99. The van der Waals surface area contributed by atoms with Gasteiger partial charge >= 0.3 is 0 Å². The van der Waals surface area contributed by atoms with Crippen LogP contribution in [0.15, 0.2) is 42.6 Å². The molecule has 0 bridgehead atoms. The van der Waals surface area contributed by atoms with Crippen molar-refractivity contribution in [1.82, 2.24) is 14.8 Å². The van der Waals surface area contributed by atoms with Gasteiger partial charge in [0.2, 0.25) is 0 Å². The summed E-state index contributed by atoms with van der Waals surface area (Å²) in [6.45, 7) is 6.54. The molecule has 2 aromatic rings. The number of pyridine rings is 1. The molecule has 0 amide bonds. The lowest BCUT2D eigenvalue weighted by Crippen LogP contribution is -2.45. The van der Waals surface area contributed by atoms with Gasteiger partial charge in [-0.2, -0.15) is 0 Å². The van der Waals surface area contributed by atoms with Crippen LogP contribution in [-0.4, -0.2) is 41.0 Å². The van der Waals surface area contributed by atoms with Gasteiger partial charge in [0, 0.05) is 45.5 Å². The Morgan fingerprint density at radius 2 is 1.44 bits per heavy atom. The highest BCUT2D eigenvalue weighted by atomic mass is 15.3. The first-order valence-corrected chi connectivity index (χ1v) is 9.50. The van der Waals surface area contributed by atoms with Crippen LogP contribution < -0.4 is 5.73 Å². The minimum Gasteiger partial charge on any atom is -0.384 e. The third kappa shape index (κ3) is 4.20. The molecule has 1 aromatic carbocycles. The zero-order chi connectivity index (χ0) is 17.1. The number of anilines is 1. The molecule has 4 nitrogen and oxygen atoms in total. The average Bonchev–Trinajstić information content (AvgIpc) is 2.59. The summed E-state index contributed by atoms with van der Waals surface area (Å²) in [4.78, 5) is 9.25. The van der Waals surface area contributed by atoms with Crippen molar-refractivity contribution in [1.29, 1.82) is 0 Å². The minimum absolute atomic E-state index is 0.594. The third-order valence-corrected chi connectivity index (χ3v) is 5.68. The SMILES string of the molecule is Nc1ccc(CN2CCN(Cc3ccc(C4CCC4)cc3)CC2)cn1. The van der Waals surface area contributed by atoms with Crippen molar-refractivity contribution in [3.05, 3.63) is 59.3 Å². The van der Waals surface area contributed by atoms with Gasteiger partial charge in [-0.15, -0.1) is 0 Å². The van der Waals surface area contributed by atoms with Gasteiger partial charge in [0.1, 0.15) is 5.82 Å². The molecule has 0 unspecified atom stereocenters. The number of piperazine rings is 1. The van der Waals surface area contributed by atoms with Crippen LogP contribution in [0.3, 0.4) is 0 Å². The molecular weight excluding hydrogens is 308 g/mol. The third-order valence-electron chi connectivity index (χ3n) is 5.68. The van der Waals surface area contributed by atoms with Crippen LogP contribution in [0.25, 0.3) is 0 Å². The number of aromatic nitrogens is 1. The summed E-state index contributed by atoms with van der Waals surface area (Å²) in [6.07, 6.45) is 6.06. The Bertz CT molecular complexity index is 668. The van der Waals surface area contributed by atoms with E-state index in [4.69, 9.17) is 5.73 Å². The molecule has 2 N–H and O–H groups in total. The largest absolute Gasteiger partial charge is 0.384 e. The van der Waals surface area contributed by atoms with Crippen molar-refractivity contribution in [3.8, 4) is 0 Å². The first kappa shape index (κ1) is 16.6. The van der Waals surface area contributed by atoms with E-state index in [1.807, 2.05) is 12.3 Å². The summed E-state index contributed by atoms with van der Waals surface area (Å²) in [5, 5.41) is 0. The molecule has 2 heterocycles. The topological polar surface area (TPSA) is 45.4 Å². The van der Waals surface area contributed by atoms with E-state index in [2.05, 4.69) is 45.1 Å². The Labute approximate surface area is 150 Å². The van der Waals surface area contributed by atoms with Gasteiger partial charge in [-0.05, 0) is 41.5 Å². The van der Waals surface area contributed by atoms with Gasteiger partial charge < -0.3 is 5.73 Å². The monoisotopic (exact) mass is 336 g/mol. The molecule has 1 aliphatic heterocycles. The van der Waals surface area contributed by atoms with Gasteiger partial charge in [-0.25, -0.2) is 4.98 Å². The first-order valence-electron chi connectivity index (χ1n) is 9.50. The van der Waals surface area contributed by atoms with Crippen molar-refractivity contribution < 1.29 is 0 Å². The van der Waals surface area contributed by atoms with Crippen LogP contribution in [0.4, 0.5) is 5.82 Å². The smallest absolute Gasteiger partial charge is 0.123 e. The van der Waals surface area contributed by atoms with E-state index in [0.717, 1.165) is 45.2 Å². The quantitative estimate of drug-likeness (QED) is 0.910. The Morgan fingerprint density at radius 1 is 0.840 bits per heavy atom. The predicted octanol–water partition coefficient (Wildman–Crippen LogP) is 3.25. The molecular formula is C21H28N4. The van der Waals surface area contributed by atoms with Crippen molar-refractivity contribution in [3.63, 3.8) is 0 Å². The van der Waals surface area contributed by atoms with E-state index >= 15 is 0 Å². The van der Waals surface area contributed by atoms with Gasteiger partial charge in [0.25, 0.3) is 0 Å². The second-order valence-electron chi connectivity index (χ2n) is 7.51. The molecule has 132 valence electrons. The van der Waals surface area contributed by atoms with Gasteiger partial charge in [-0.3, -0.25) is 9.80 Å². The molecule has 1 aliphatic carbocycles. The lowest BCUT2D eigenvalue weighted by atomic mass is 9.80. The molecule has 2 aliphatic rings. The number of rotatable bonds is 5. The summed E-state index contributed by atoms with van der Waals surface area (Å²) in [6, 6.07) is 13.3. The Balaban J connectivity index is 1.25. The molecule has 4 heteroatoms. The van der Waals surface area contributed by atoms with Crippen LogP contribution in [-0.2, 0) is 13.1 Å². The summed E-state index contributed by atoms with van der Waals surface area (Å²) in [5.74, 6) is 1.43. The standard InChI is InChI=1S/C21H28N4/c22-21-9-6-18(14-23-21)16-25-12-10-24(11-13-25)15-17-4-7-20(8-5-17)19-2-1-3-19/h4-9,14,19H,1-3,10-13,15-16H2,(H2,22,23). The summed E-state index contributed by atoms with van der Waals surface area (Å²) in [5.41, 5.74) is 9.88. The number of nitrogens with zero attached hydrogens (tertiary/aromatic N) is 3. The average molecular weight is 336 g/mol. The highest BCUT2D eigenvalue weighted by Gasteiger charge is 2.20. The summed E-state index contributed by atoms with van der Waals surface area (Å²) < 4.78 is 0. The Morgan fingerprint density at radius 3 is 1.96 bits per heavy atom. The van der Waals surface area contributed by atoms with E-state index in [9.17, 15) is 0 Å². The number of hydrogen-bond donors (Lipinski definition) is 1. The molecule has 4 rings (SSSR count). The van der Waals surface area contributed by atoms with E-state index < -0.39 is 0 Å². The molecule has 25 heavy (non-hydrogen) atoms. The summed E-state index contributed by atoms with van der Waals surface area (Å²) >= 11 is 0. The van der Waals surface area contributed by atoms with Crippen molar-refractivity contribution >= 4 is 5.82 Å². The Hall–Kier alpha value is -1.91. The summed E-state index contributed by atoms with van der Waals surface area (Å²) in [7, 11) is 0. The molecule has 1 aromatic heterocycles. The lowest BCUT2D eigenvalue weighted by Gasteiger charge is -2.34. The fraction of sp³-hybridized carbons (Fsp3) is 0.476. The maximum Gasteiger partial charge on any atom is 0.123 e. The number of nitrogens with two attached hydrogens (primary N) is 1. The predicted molar refractivity (Wildman–Crippen MR) is 102 cm³/mol. The van der Waals surface area contributed by atoms with Crippen molar-refractivity contribution in [2.45, 2.75) is 38.3 Å². The first-order chi connectivity index (χ1) is 12.3. The normalized spacial score (nSPS) is 19.7. The molecule has 0 spiro atoms. The fourth-order valence-corrected chi connectivity index (χ4v) is 3.79. The van der Waals surface area contributed by atoms with Crippen molar-refractivity contribution in [2.24, 2.45) is 0 Å². The van der Waals surface area contributed by atoms with Crippen LogP contribution in [0, 0.1) is 0 Å². The second kappa shape index (κ2) is 7.54. The number of benzene rings is 1. The van der Waals surface area contributed by atoms with E-state index in [-0.39, 0.29) is 0 Å². The minimum atomic E-state index is 0.594. The van der Waals surface area contributed by atoms with E-state index in [1.165, 1.54) is 36.0 Å². The van der Waals surface area contributed by atoms with Gasteiger partial charge in [-0.1, -0.05) is 36.8 Å². The maximum atomic E-state index is 5.66. The van der Waals surface area contributed by atoms with Crippen LogP contribution in [0.1, 0.15) is 41.9 Å². The lowest BCUT2D eigenvalue weighted by molar-refractivity contribution is 0.122. The fourth-order valence-electron chi connectivity index (χ4n) is 3.79. The van der Waals surface area contributed by atoms with E-state index in [0.29, 0.717) is 5.82 Å². The van der Waals surface area contributed by atoms with Crippen LogP contribution in [0.5, 0.6) is 0 Å². The van der Waals surface area contributed by atoms with E-state index in [1.54, 1.807) is 0 Å². The zero-order valence-electron chi connectivity index (χ0n) is 14.9. The number of nitrogen functional groups attached to an aromatic ring is 1. The van der Waals surface area contributed by atoms with Gasteiger partial charge in [0.15, 0.2) is 0 Å². The number of hydrogen-bond acceptors (Lipinski definition) is 4. The molecule has 1 saturated heterocycles. The molecule has 2 fully saturated rings. The maximum absolute atomic E-state index is 5.66. The van der Waals surface area contributed by atoms with Crippen LogP contribution >= 0.6 is 0 Å². The highest BCUT2D eigenvalue weighted by molar-refractivity contribution is 5.29.